The Morgan fingerprint density at radius 3 is 1.42 bits per heavy atom. The van der Waals surface area contributed by atoms with Crippen molar-refractivity contribution in [1.82, 2.24) is 44.8 Å². The predicted octanol–water partition coefficient (Wildman–Crippen LogP) is 4.62. The van der Waals surface area contributed by atoms with E-state index in [1.54, 1.807) is 137 Å². The van der Waals surface area contributed by atoms with Crippen LogP contribution in [-0.4, -0.2) is 148 Å². The number of benzene rings is 4. The maximum absolute atomic E-state index is 15.8. The van der Waals surface area contributed by atoms with Crippen molar-refractivity contribution in [1.29, 1.82) is 0 Å². The molecule has 0 radical (unpaired) electrons. The van der Waals surface area contributed by atoms with Crippen molar-refractivity contribution in [3.05, 3.63) is 160 Å². The number of aromatic amines is 1. The summed E-state index contributed by atoms with van der Waals surface area (Å²) in [5.41, 5.74) is 8.05. The van der Waals surface area contributed by atoms with Gasteiger partial charge in [0, 0.05) is 25.7 Å². The van der Waals surface area contributed by atoms with Crippen LogP contribution < -0.4 is 31.6 Å². The summed E-state index contributed by atoms with van der Waals surface area (Å²) in [5, 5.41) is 24.1. The average molecular weight is 1200 g/mol. The van der Waals surface area contributed by atoms with Gasteiger partial charge in [0.1, 0.15) is 24.2 Å². The third kappa shape index (κ3) is 17.8. The van der Waals surface area contributed by atoms with Gasteiger partial charge < -0.3 is 44.0 Å². The number of anilines is 1. The summed E-state index contributed by atoms with van der Waals surface area (Å²) < 4.78 is 61.2. The fraction of sp³-hybridized carbons (Fsp3) is 0.414. The minimum absolute atomic E-state index is 0.00981. The van der Waals surface area contributed by atoms with Gasteiger partial charge in [-0.15, -0.1) is 0 Å². The Morgan fingerprint density at radius 2 is 1.02 bits per heavy atom. The number of hydrogen-bond donors (Lipinski definition) is 7. The third-order valence-electron chi connectivity index (χ3n) is 13.8. The van der Waals surface area contributed by atoms with Crippen LogP contribution in [0.25, 0.3) is 11.2 Å². The molecule has 7 rings (SSSR count). The Bertz CT molecular complexity index is 3150. The van der Waals surface area contributed by atoms with E-state index in [0.717, 1.165) is 0 Å². The number of aliphatic hydroxyl groups excluding tert-OH is 1. The number of ether oxygens (including phenoxy) is 5. The lowest BCUT2D eigenvalue weighted by molar-refractivity contribution is -0.146. The molecule has 24 nitrogen and oxygen atoms in total. The number of esters is 4. The molecule has 1 fully saturated rings. The summed E-state index contributed by atoms with van der Waals surface area (Å²) in [6.07, 6.45) is -0.684. The van der Waals surface area contributed by atoms with Crippen LogP contribution in [0.2, 0.25) is 0 Å². The molecular formula is C58H74N10O14P2. The molecule has 1 aliphatic rings. The zero-order valence-corrected chi connectivity index (χ0v) is 49.2. The van der Waals surface area contributed by atoms with E-state index >= 15 is 9.13 Å². The van der Waals surface area contributed by atoms with Crippen molar-refractivity contribution < 1.29 is 61.9 Å². The SMILES string of the molecule is CCOC(=O)C(Cc1ccccc1)NP(=O)(CCC(=O)N1C[C@@H](n2cnc3c(=O)[nH]c(N)nc32)[C@H](OC[C@@H](O)P(=O)(NC(Cc2ccccc2)C(=O)OCC)NC(Cc2ccccc2)C(=O)OCC)C1)NC(Cc1ccccc1)C(=O)OCC. The summed E-state index contributed by atoms with van der Waals surface area (Å²) in [6.45, 7) is 5.33. The first-order chi connectivity index (χ1) is 40.4. The molecule has 2 aromatic heterocycles. The minimum Gasteiger partial charge on any atom is -0.465 e. The highest BCUT2D eigenvalue weighted by Gasteiger charge is 2.44. The summed E-state index contributed by atoms with van der Waals surface area (Å²) in [5.74, 6) is -5.84. The normalized spacial score (nSPS) is 17.4. The first-order valence-electron chi connectivity index (χ1n) is 27.9. The molecule has 26 heteroatoms. The number of aliphatic hydroxyl groups is 1. The van der Waals surface area contributed by atoms with Crippen LogP contribution >= 0.6 is 14.9 Å². The number of imidazole rings is 1. The number of nitrogens with two attached hydrogens (primary N) is 1. The molecule has 1 saturated heterocycles. The molecule has 7 atom stereocenters. The number of nitrogen functional groups attached to an aromatic ring is 1. The zero-order valence-electron chi connectivity index (χ0n) is 47.4. The molecule has 4 unspecified atom stereocenters. The lowest BCUT2D eigenvalue weighted by Crippen LogP contribution is -2.49. The van der Waals surface area contributed by atoms with Gasteiger partial charge in [-0.2, -0.15) is 4.98 Å². The molecule has 1 amide bonds. The van der Waals surface area contributed by atoms with Gasteiger partial charge in [-0.1, -0.05) is 121 Å². The van der Waals surface area contributed by atoms with Crippen LogP contribution in [0.15, 0.2) is 132 Å². The number of nitrogens with zero attached hydrogens (tertiary/aromatic N) is 4. The van der Waals surface area contributed by atoms with Crippen molar-refractivity contribution in [2.75, 3.05) is 58.0 Å². The number of carbonyl (C=O) groups excluding carboxylic acids is 5. The van der Waals surface area contributed by atoms with Gasteiger partial charge in [-0.3, -0.25) is 42.9 Å². The molecule has 450 valence electrons. The number of fused-ring (bicyclic) bond motifs is 1. The number of likely N-dealkylation sites (tertiary alicyclic amines) is 1. The number of aromatic nitrogens is 4. The highest BCUT2D eigenvalue weighted by Crippen LogP contribution is 2.45. The Balaban J connectivity index is 1.21. The van der Waals surface area contributed by atoms with Gasteiger partial charge in [0.05, 0.1) is 51.5 Å². The Morgan fingerprint density at radius 1 is 0.631 bits per heavy atom. The van der Waals surface area contributed by atoms with E-state index in [0.29, 0.717) is 22.3 Å². The van der Waals surface area contributed by atoms with E-state index in [2.05, 4.69) is 35.3 Å². The topological polar surface area (TPSA) is 327 Å². The molecule has 8 N–H and O–H groups in total. The Labute approximate surface area is 486 Å². The number of hydrogen-bond acceptors (Lipinski definition) is 17. The maximum Gasteiger partial charge on any atom is 0.323 e. The number of amides is 1. The number of carbonyl (C=O) groups is 5. The summed E-state index contributed by atoms with van der Waals surface area (Å²) in [6, 6.07) is 29.6. The number of H-pyrrole nitrogens is 1. The predicted molar refractivity (Wildman–Crippen MR) is 313 cm³/mol. The summed E-state index contributed by atoms with van der Waals surface area (Å²) in [4.78, 5) is 95.3. The van der Waals surface area contributed by atoms with E-state index < -0.39 is 112 Å². The zero-order chi connectivity index (χ0) is 60.2. The van der Waals surface area contributed by atoms with Crippen LogP contribution in [0.3, 0.4) is 0 Å². The van der Waals surface area contributed by atoms with Gasteiger partial charge in [-0.05, 0) is 75.6 Å². The van der Waals surface area contributed by atoms with Crippen molar-refractivity contribution in [2.24, 2.45) is 0 Å². The molecule has 84 heavy (non-hydrogen) atoms. The van der Waals surface area contributed by atoms with E-state index in [9.17, 15) is 33.9 Å². The van der Waals surface area contributed by atoms with Gasteiger partial charge in [0.25, 0.3) is 5.56 Å². The lowest BCUT2D eigenvalue weighted by Gasteiger charge is -2.32. The third-order valence-corrected chi connectivity index (χ3v) is 18.4. The quantitative estimate of drug-likeness (QED) is 0.0172. The van der Waals surface area contributed by atoms with Crippen LogP contribution in [0.5, 0.6) is 0 Å². The van der Waals surface area contributed by atoms with Crippen molar-refractivity contribution in [3.8, 4) is 0 Å². The second-order valence-electron chi connectivity index (χ2n) is 19.9. The molecule has 3 heterocycles. The van der Waals surface area contributed by atoms with Crippen LogP contribution in [-0.2, 0) is 82.5 Å². The number of nitrogens with one attached hydrogen (secondary N) is 5. The fourth-order valence-electron chi connectivity index (χ4n) is 9.74. The highest BCUT2D eigenvalue weighted by atomic mass is 31.2. The van der Waals surface area contributed by atoms with Crippen molar-refractivity contribution >= 4 is 61.8 Å². The monoisotopic (exact) mass is 1200 g/mol. The lowest BCUT2D eigenvalue weighted by atomic mass is 10.1. The first-order valence-corrected chi connectivity index (χ1v) is 31.5. The molecular weight excluding hydrogens is 1120 g/mol. The van der Waals surface area contributed by atoms with Gasteiger partial charge >= 0.3 is 23.9 Å². The van der Waals surface area contributed by atoms with Crippen molar-refractivity contribution in [2.45, 2.75) is 102 Å². The summed E-state index contributed by atoms with van der Waals surface area (Å²) in [7, 11) is -8.87. The fourth-order valence-corrected chi connectivity index (χ4v) is 14.0. The maximum atomic E-state index is 15.8. The standard InChI is InChI=1S/C58H74N10O14P2/c1-5-78-54(72)43(31-39-21-13-9-14-22-39)63-83(76,64-44(55(73)79-6-2)32-40-23-15-10-16-24-40)30-29-49(69)67-35-47(68-38-60-51-52(68)61-58(59)62-53(51)71)48(36-67)82-37-50(70)84(77,65-45(56(74)80-7-3)33-41-25-17-11-18-26-41)66-46(57(75)81-8-4)34-42-27-19-12-20-28-42/h9-28,38,43-48,50,70H,5-8,29-37H2,1-4H3,(H2,63,64,76)(H2,65,66,77)(H3,59,61,62,71)/t43?,44?,45?,46?,47-,48-,50+,83?,84?/m1/s1. The minimum atomic E-state index is -4.65. The molecule has 4 aromatic carbocycles. The van der Waals surface area contributed by atoms with E-state index in [1.165, 1.54) is 15.8 Å². The van der Waals surface area contributed by atoms with Crippen LogP contribution in [0.1, 0.15) is 62.4 Å². The van der Waals surface area contributed by atoms with Crippen LogP contribution in [0.4, 0.5) is 5.95 Å². The van der Waals surface area contributed by atoms with E-state index in [-0.39, 0.29) is 82.3 Å². The molecule has 0 spiro atoms. The highest BCUT2D eigenvalue weighted by molar-refractivity contribution is 7.60. The Kier molecular flexibility index (Phi) is 23.6. The molecule has 6 aromatic rings. The van der Waals surface area contributed by atoms with Gasteiger partial charge in [-0.25, -0.2) is 25.3 Å². The van der Waals surface area contributed by atoms with Crippen LogP contribution in [0, 0.1) is 0 Å². The Hall–Kier alpha value is -7.40. The smallest absolute Gasteiger partial charge is 0.323 e. The van der Waals surface area contributed by atoms with Crippen molar-refractivity contribution in [3.63, 3.8) is 0 Å². The van der Waals surface area contributed by atoms with E-state index in [1.807, 2.05) is 12.1 Å². The largest absolute Gasteiger partial charge is 0.465 e. The molecule has 1 aliphatic heterocycles. The molecule has 0 bridgehead atoms. The molecule has 0 saturated carbocycles. The van der Waals surface area contributed by atoms with Gasteiger partial charge in [0.15, 0.2) is 17.0 Å². The first kappa shape index (κ1) is 64.2. The van der Waals surface area contributed by atoms with E-state index in [4.69, 9.17) is 29.4 Å². The summed E-state index contributed by atoms with van der Waals surface area (Å²) >= 11 is 0. The average Bonchev–Trinajstić information content (AvgIpc) is 2.39. The second-order valence-corrected chi connectivity index (χ2v) is 24.7. The second kappa shape index (κ2) is 30.9. The number of rotatable bonds is 32. The van der Waals surface area contributed by atoms with Gasteiger partial charge in [0.2, 0.25) is 26.7 Å². The molecule has 0 aliphatic carbocycles.